The summed E-state index contributed by atoms with van der Waals surface area (Å²) in [7, 11) is 7.18. The van der Waals surface area contributed by atoms with Crippen LogP contribution in [0.15, 0.2) is 14.4 Å². The predicted molar refractivity (Wildman–Crippen MR) is 261 cm³/mol. The largest absolute Gasteiger partial charge is 0.455 e. The zero-order valence-corrected chi connectivity index (χ0v) is 41.7. The normalized spacial score (nSPS) is 11.2. The Labute approximate surface area is 383 Å². The highest BCUT2D eigenvalue weighted by Gasteiger charge is 2.18. The summed E-state index contributed by atoms with van der Waals surface area (Å²) in [6, 6.07) is 0. The van der Waals surface area contributed by atoms with Gasteiger partial charge >= 0.3 is 33.0 Å². The zero-order valence-electron chi connectivity index (χ0n) is 36.8. The lowest BCUT2D eigenvalue weighted by molar-refractivity contribution is 0.162. The van der Waals surface area contributed by atoms with Crippen molar-refractivity contribution in [2.45, 2.75) is 195 Å². The molecule has 0 aliphatic carbocycles. The Morgan fingerprint density at radius 2 is 0.583 bits per heavy atom. The molecule has 12 nitrogen and oxygen atoms in total. The van der Waals surface area contributed by atoms with Crippen LogP contribution in [0.2, 0.25) is 0 Å². The van der Waals surface area contributed by atoms with Gasteiger partial charge in [-0.1, -0.05) is 188 Å². The summed E-state index contributed by atoms with van der Waals surface area (Å²) >= 11 is 0. The van der Waals surface area contributed by atoms with Crippen molar-refractivity contribution in [2.24, 2.45) is 0 Å². The van der Waals surface area contributed by atoms with E-state index in [-0.39, 0.29) is 39.5 Å². The molecule has 0 aromatic carbocycles. The minimum absolute atomic E-state index is 0.263. The monoisotopic (exact) mass is 957 g/mol. The van der Waals surface area contributed by atoms with Crippen LogP contribution in [0.3, 0.4) is 0 Å². The van der Waals surface area contributed by atoms with Crippen molar-refractivity contribution in [3.8, 4) is 0 Å². The number of hydrogen-bond acceptors (Lipinski definition) is 15. The van der Waals surface area contributed by atoms with Crippen LogP contribution in [-0.2, 0) is 33.8 Å². The van der Waals surface area contributed by atoms with Gasteiger partial charge in [0.1, 0.15) is 19.8 Å². The molecule has 1 rings (SSSR count). The molecular formula is C42H75N3O9S6. The van der Waals surface area contributed by atoms with Crippen LogP contribution >= 0.6 is 64.8 Å². The van der Waals surface area contributed by atoms with E-state index in [9.17, 15) is 28.8 Å². The van der Waals surface area contributed by atoms with Crippen molar-refractivity contribution >= 4 is 80.7 Å². The lowest BCUT2D eigenvalue weighted by atomic mass is 10.1. The van der Waals surface area contributed by atoms with Gasteiger partial charge in [0.2, 0.25) is 0 Å². The van der Waals surface area contributed by atoms with Crippen molar-refractivity contribution in [2.75, 3.05) is 37.1 Å². The molecule has 0 atom stereocenters. The van der Waals surface area contributed by atoms with Crippen LogP contribution in [0, 0.1) is 0 Å². The topological polar surface area (TPSA) is 145 Å². The molecular weight excluding hydrogens is 883 g/mol. The van der Waals surface area contributed by atoms with Gasteiger partial charge in [-0.15, -0.1) is 0 Å². The first-order chi connectivity index (χ1) is 29.3. The minimum Gasteiger partial charge on any atom is -0.455 e. The Hall–Kier alpha value is -1.08. The van der Waals surface area contributed by atoms with E-state index in [1.807, 2.05) is 0 Å². The molecule has 0 amide bonds. The minimum atomic E-state index is -0.910. The van der Waals surface area contributed by atoms with Gasteiger partial charge in [0.05, 0.1) is 19.6 Å². The van der Waals surface area contributed by atoms with E-state index < -0.39 is 33.0 Å². The van der Waals surface area contributed by atoms with E-state index in [0.717, 1.165) is 102 Å². The number of ether oxygens (including phenoxy) is 3. The zero-order chi connectivity index (χ0) is 43.9. The van der Waals surface area contributed by atoms with Gasteiger partial charge in [-0.05, 0) is 19.3 Å². The van der Waals surface area contributed by atoms with Gasteiger partial charge < -0.3 is 14.2 Å². The summed E-state index contributed by atoms with van der Waals surface area (Å²) in [6.45, 7) is 4.97. The van der Waals surface area contributed by atoms with Crippen LogP contribution in [0.4, 0.5) is 14.4 Å². The average Bonchev–Trinajstić information content (AvgIpc) is 3.23. The first kappa shape index (κ1) is 56.9. The third-order valence-corrected chi connectivity index (χ3v) is 15.9. The van der Waals surface area contributed by atoms with Gasteiger partial charge in [-0.3, -0.25) is 0 Å². The van der Waals surface area contributed by atoms with Crippen molar-refractivity contribution in [3.63, 3.8) is 0 Å². The van der Waals surface area contributed by atoms with Crippen LogP contribution < -0.4 is 17.1 Å². The molecule has 0 saturated carbocycles. The van der Waals surface area contributed by atoms with E-state index >= 15 is 0 Å². The fourth-order valence-corrected chi connectivity index (χ4v) is 11.2. The van der Waals surface area contributed by atoms with Crippen molar-refractivity contribution in [1.29, 1.82) is 0 Å². The Morgan fingerprint density at radius 1 is 0.367 bits per heavy atom. The fraction of sp³-hybridized carbons (Fsp3) is 0.857. The van der Waals surface area contributed by atoms with Crippen LogP contribution in [0.25, 0.3) is 0 Å². The number of nitrogens with zero attached hydrogens (tertiary/aromatic N) is 3. The lowest BCUT2D eigenvalue weighted by Crippen LogP contribution is -2.55. The summed E-state index contributed by atoms with van der Waals surface area (Å²) in [5.41, 5.74) is -2.73. The van der Waals surface area contributed by atoms with Gasteiger partial charge in [0.15, 0.2) is 0 Å². The molecule has 1 aromatic rings. The van der Waals surface area contributed by atoms with Gasteiger partial charge in [0.25, 0.3) is 0 Å². The smallest absolute Gasteiger partial charge is 0.378 e. The molecule has 1 heterocycles. The molecule has 60 heavy (non-hydrogen) atoms. The average molecular weight is 958 g/mol. The molecule has 1 aromatic heterocycles. The van der Waals surface area contributed by atoms with Crippen LogP contribution in [0.1, 0.15) is 175 Å². The maximum atomic E-state index is 13.4. The molecule has 0 radical (unpaired) electrons. The Kier molecular flexibility index (Phi) is 38.6. The first-order valence-electron chi connectivity index (χ1n) is 22.6. The lowest BCUT2D eigenvalue weighted by Gasteiger charge is -2.14. The molecule has 0 unspecified atom stereocenters. The number of hydrogen-bond donors (Lipinski definition) is 0. The molecule has 18 heteroatoms. The second-order valence-electron chi connectivity index (χ2n) is 14.7. The van der Waals surface area contributed by atoms with E-state index in [0.29, 0.717) is 0 Å². The maximum absolute atomic E-state index is 13.4. The van der Waals surface area contributed by atoms with E-state index in [1.54, 1.807) is 0 Å². The predicted octanol–water partition coefficient (Wildman–Crippen LogP) is 13.1. The second kappa shape index (κ2) is 40.7. The van der Waals surface area contributed by atoms with Gasteiger partial charge in [-0.2, -0.15) is 0 Å². The molecule has 0 N–H and O–H groups in total. The maximum Gasteiger partial charge on any atom is 0.378 e. The number of carbonyl (C=O) groups is 3. The summed E-state index contributed by atoms with van der Waals surface area (Å²) in [5.74, 6) is 2.43. The highest BCUT2D eigenvalue weighted by Crippen LogP contribution is 2.27. The van der Waals surface area contributed by atoms with E-state index in [2.05, 4.69) is 20.8 Å². The van der Waals surface area contributed by atoms with Crippen molar-refractivity contribution in [1.82, 2.24) is 13.7 Å². The molecule has 0 fully saturated rings. The van der Waals surface area contributed by atoms with E-state index in [4.69, 9.17) is 14.2 Å². The Bertz CT molecular complexity index is 1250. The first-order valence-corrected chi connectivity index (χ1v) is 29.5. The van der Waals surface area contributed by atoms with Crippen molar-refractivity contribution in [3.05, 3.63) is 31.5 Å². The number of unbranched alkanes of at least 4 members (excludes halogenated alkanes) is 21. The third-order valence-electron chi connectivity index (χ3n) is 9.61. The molecule has 0 spiro atoms. The molecule has 0 aliphatic rings. The van der Waals surface area contributed by atoms with Gasteiger partial charge in [-0.25, -0.2) is 42.5 Å². The quantitative estimate of drug-likeness (QED) is 0.0267. The number of carbonyl (C=O) groups excluding carboxylic acids is 3. The Balaban J connectivity index is 2.69. The van der Waals surface area contributed by atoms with Crippen LogP contribution in [0.5, 0.6) is 0 Å². The number of rotatable bonds is 39. The summed E-state index contributed by atoms with van der Waals surface area (Å²) < 4.78 is 18.4. The fourth-order valence-electron chi connectivity index (χ4n) is 6.14. The summed E-state index contributed by atoms with van der Waals surface area (Å²) in [6.07, 6.45) is 28.9. The highest BCUT2D eigenvalue weighted by atomic mass is 33.1. The highest BCUT2D eigenvalue weighted by molar-refractivity contribution is 8.82. The van der Waals surface area contributed by atoms with Crippen molar-refractivity contribution < 1.29 is 28.6 Å². The molecule has 348 valence electrons. The molecule has 0 saturated heterocycles. The van der Waals surface area contributed by atoms with Gasteiger partial charge in [0, 0.05) is 49.6 Å². The summed E-state index contributed by atoms with van der Waals surface area (Å²) in [4.78, 5) is 77.5. The van der Waals surface area contributed by atoms with Crippen LogP contribution in [-0.4, -0.2) is 66.7 Å². The standard InChI is InChI=1S/C42H75N3O9S6/c1-4-7-10-13-16-19-22-25-34-55-58-40(49)52-31-28-43-37(46)44(29-32-53-41(50)59-56-35-26-23-20-17-14-11-8-5-2)39(48)45(38(43)47)30-33-54-42(51)60-57-36-27-24-21-18-15-12-9-6-3/h4-36H2,1-3H3. The third kappa shape index (κ3) is 30.1. The number of aromatic nitrogens is 3. The molecule has 0 bridgehead atoms. The summed E-state index contributed by atoms with van der Waals surface area (Å²) in [5, 5.41) is -1.60. The SMILES string of the molecule is CCCCCCCCCCSSC(=O)OCCn1c(=O)n(CCOC(=O)SSCCCCCCCCCC)c(=O)n(CCOC(=O)SSCCCCCCCCCC)c1=O. The Morgan fingerprint density at radius 3 is 0.817 bits per heavy atom. The molecule has 0 aliphatic heterocycles. The second-order valence-corrected chi connectivity index (χ2v) is 21.8. The van der Waals surface area contributed by atoms with E-state index in [1.165, 1.54) is 148 Å².